The summed E-state index contributed by atoms with van der Waals surface area (Å²) in [7, 11) is 0. The molecule has 4 rings (SSSR count). The van der Waals surface area contributed by atoms with Gasteiger partial charge in [-0.2, -0.15) is 0 Å². The maximum absolute atomic E-state index is 13.2. The molecule has 9 heteroatoms. The van der Waals surface area contributed by atoms with Crippen molar-refractivity contribution in [2.75, 3.05) is 25.0 Å². The molecule has 3 aromatic rings. The lowest BCUT2D eigenvalue weighted by molar-refractivity contribution is -0.121. The van der Waals surface area contributed by atoms with Crippen molar-refractivity contribution in [2.24, 2.45) is 0 Å². The molecule has 0 radical (unpaired) electrons. The smallest absolute Gasteiger partial charge is 0.273 e. The minimum Gasteiger partial charge on any atom is -0.467 e. The Hall–Kier alpha value is -3.17. The van der Waals surface area contributed by atoms with Gasteiger partial charge in [-0.1, -0.05) is 12.1 Å². The zero-order valence-electron chi connectivity index (χ0n) is 18.6. The number of aromatic nitrogens is 1. The summed E-state index contributed by atoms with van der Waals surface area (Å²) in [5.41, 5.74) is 2.38. The van der Waals surface area contributed by atoms with E-state index in [1.807, 2.05) is 37.3 Å². The lowest BCUT2D eigenvalue weighted by Crippen LogP contribution is -2.37. The van der Waals surface area contributed by atoms with E-state index in [1.165, 1.54) is 11.3 Å². The summed E-state index contributed by atoms with van der Waals surface area (Å²) >= 11 is 1.36. The molecule has 33 heavy (non-hydrogen) atoms. The van der Waals surface area contributed by atoms with E-state index in [0.29, 0.717) is 23.1 Å². The standard InChI is InChI=1S/C24H28N4O4S/c1-17-5-2-6-18(13-17)26-24-27-21(16-33-24)23(30)28(15-20-8-4-12-32-20)10-9-22(29)25-14-19-7-3-11-31-19/h2,4-6,8,12-13,16,19H,3,7,9-11,14-15H2,1H3,(H,25,29)(H,26,27). The lowest BCUT2D eigenvalue weighted by Gasteiger charge is -2.21. The third kappa shape index (κ3) is 6.66. The van der Waals surface area contributed by atoms with Gasteiger partial charge in [-0.3, -0.25) is 9.59 Å². The van der Waals surface area contributed by atoms with E-state index in [-0.39, 0.29) is 37.4 Å². The van der Waals surface area contributed by atoms with Gasteiger partial charge in [-0.15, -0.1) is 11.3 Å². The Bertz CT molecular complexity index is 1060. The third-order valence-corrected chi connectivity index (χ3v) is 6.12. The number of ether oxygens (including phenoxy) is 1. The Kier molecular flexibility index (Phi) is 7.74. The number of rotatable bonds is 10. The van der Waals surface area contributed by atoms with E-state index < -0.39 is 0 Å². The van der Waals surface area contributed by atoms with Crippen molar-refractivity contribution in [3.63, 3.8) is 0 Å². The molecule has 1 saturated heterocycles. The van der Waals surface area contributed by atoms with Gasteiger partial charge in [0.15, 0.2) is 5.13 Å². The first kappa shape index (κ1) is 23.0. The molecule has 1 aromatic carbocycles. The summed E-state index contributed by atoms with van der Waals surface area (Å²) in [6, 6.07) is 11.5. The van der Waals surface area contributed by atoms with E-state index in [1.54, 1.807) is 22.6 Å². The molecule has 2 aromatic heterocycles. The second kappa shape index (κ2) is 11.1. The molecular formula is C24H28N4O4S. The minimum atomic E-state index is -0.244. The number of hydrogen-bond acceptors (Lipinski definition) is 7. The molecule has 1 aliphatic rings. The Balaban J connectivity index is 1.37. The summed E-state index contributed by atoms with van der Waals surface area (Å²) < 4.78 is 11.0. The summed E-state index contributed by atoms with van der Waals surface area (Å²) in [6.07, 6.45) is 3.84. The Morgan fingerprint density at radius 3 is 2.94 bits per heavy atom. The number of anilines is 2. The van der Waals surface area contributed by atoms with Gasteiger partial charge >= 0.3 is 0 Å². The third-order valence-electron chi connectivity index (χ3n) is 5.37. The van der Waals surface area contributed by atoms with Gasteiger partial charge in [0.25, 0.3) is 5.91 Å². The number of amides is 2. The molecule has 2 N–H and O–H groups in total. The fourth-order valence-corrected chi connectivity index (χ4v) is 4.34. The van der Waals surface area contributed by atoms with Crippen LogP contribution in [0, 0.1) is 6.92 Å². The number of nitrogens with zero attached hydrogens (tertiary/aromatic N) is 2. The minimum absolute atomic E-state index is 0.0872. The van der Waals surface area contributed by atoms with Gasteiger partial charge in [-0.05, 0) is 49.6 Å². The van der Waals surface area contributed by atoms with Gasteiger partial charge in [0, 0.05) is 37.2 Å². The van der Waals surface area contributed by atoms with Crippen LogP contribution in [0.2, 0.25) is 0 Å². The highest BCUT2D eigenvalue weighted by atomic mass is 32.1. The van der Waals surface area contributed by atoms with Crippen molar-refractivity contribution in [1.29, 1.82) is 0 Å². The van der Waals surface area contributed by atoms with Gasteiger partial charge in [-0.25, -0.2) is 4.98 Å². The van der Waals surface area contributed by atoms with Crippen LogP contribution in [0.3, 0.4) is 0 Å². The molecule has 0 aliphatic carbocycles. The molecule has 1 atom stereocenters. The molecule has 2 amide bonds. The normalized spacial score (nSPS) is 15.4. The molecular weight excluding hydrogens is 440 g/mol. The van der Waals surface area contributed by atoms with Crippen molar-refractivity contribution >= 4 is 34.0 Å². The van der Waals surface area contributed by atoms with E-state index in [9.17, 15) is 9.59 Å². The van der Waals surface area contributed by atoms with E-state index in [0.717, 1.165) is 30.7 Å². The number of benzene rings is 1. The number of nitrogens with one attached hydrogen (secondary N) is 2. The predicted molar refractivity (Wildman–Crippen MR) is 127 cm³/mol. The summed E-state index contributed by atoms with van der Waals surface area (Å²) in [6.45, 7) is 3.80. The van der Waals surface area contributed by atoms with Crippen molar-refractivity contribution in [1.82, 2.24) is 15.2 Å². The molecule has 1 fully saturated rings. The second-order valence-corrected chi connectivity index (χ2v) is 8.89. The van der Waals surface area contributed by atoms with Crippen LogP contribution in [0.1, 0.15) is 41.1 Å². The van der Waals surface area contributed by atoms with Crippen molar-refractivity contribution in [3.8, 4) is 0 Å². The average molecular weight is 469 g/mol. The zero-order chi connectivity index (χ0) is 23.0. The Morgan fingerprint density at radius 1 is 1.27 bits per heavy atom. The molecule has 0 bridgehead atoms. The molecule has 3 heterocycles. The Labute approximate surface area is 197 Å². The maximum Gasteiger partial charge on any atom is 0.273 e. The molecule has 0 spiro atoms. The highest BCUT2D eigenvalue weighted by Crippen LogP contribution is 2.23. The number of furan rings is 1. The van der Waals surface area contributed by atoms with Crippen LogP contribution < -0.4 is 10.6 Å². The Morgan fingerprint density at radius 2 is 2.18 bits per heavy atom. The molecule has 174 valence electrons. The SMILES string of the molecule is Cc1cccc(Nc2nc(C(=O)N(CCC(=O)NCC3CCCO3)Cc3ccco3)cs2)c1. The number of thiazole rings is 1. The lowest BCUT2D eigenvalue weighted by atomic mass is 10.2. The largest absolute Gasteiger partial charge is 0.467 e. The van der Waals surface area contributed by atoms with E-state index in [4.69, 9.17) is 9.15 Å². The average Bonchev–Trinajstić information content (AvgIpc) is 3.58. The maximum atomic E-state index is 13.2. The quantitative estimate of drug-likeness (QED) is 0.465. The van der Waals surface area contributed by atoms with Crippen molar-refractivity contribution in [3.05, 3.63) is 65.1 Å². The molecule has 1 unspecified atom stereocenters. The van der Waals surface area contributed by atoms with E-state index >= 15 is 0 Å². The first-order chi connectivity index (χ1) is 16.1. The molecule has 0 saturated carbocycles. The van der Waals surface area contributed by atoms with Crippen LogP contribution in [-0.2, 0) is 16.1 Å². The first-order valence-corrected chi connectivity index (χ1v) is 11.9. The summed E-state index contributed by atoms with van der Waals surface area (Å²) in [4.78, 5) is 31.6. The predicted octanol–water partition coefficient (Wildman–Crippen LogP) is 4.12. The monoisotopic (exact) mass is 468 g/mol. The van der Waals surface area contributed by atoms with Crippen LogP contribution in [0.15, 0.2) is 52.5 Å². The molecule has 8 nitrogen and oxygen atoms in total. The number of carbonyl (C=O) groups is 2. The van der Waals surface area contributed by atoms with E-state index in [2.05, 4.69) is 15.6 Å². The van der Waals surface area contributed by atoms with Crippen molar-refractivity contribution < 1.29 is 18.7 Å². The summed E-state index contributed by atoms with van der Waals surface area (Å²) in [5, 5.41) is 8.51. The zero-order valence-corrected chi connectivity index (χ0v) is 19.4. The van der Waals surface area contributed by atoms with Crippen LogP contribution >= 0.6 is 11.3 Å². The topological polar surface area (TPSA) is 96.7 Å². The van der Waals surface area contributed by atoms with Crippen molar-refractivity contribution in [2.45, 2.75) is 38.8 Å². The number of aryl methyl sites for hydroxylation is 1. The van der Waals surface area contributed by atoms with Gasteiger partial charge in [0.1, 0.15) is 11.5 Å². The fraction of sp³-hybridized carbons (Fsp3) is 0.375. The highest BCUT2D eigenvalue weighted by Gasteiger charge is 2.22. The van der Waals surface area contributed by atoms with Crippen LogP contribution in [-0.4, -0.2) is 47.5 Å². The molecule has 1 aliphatic heterocycles. The van der Waals surface area contributed by atoms with Crippen LogP contribution in [0.4, 0.5) is 10.8 Å². The number of hydrogen-bond donors (Lipinski definition) is 2. The van der Waals surface area contributed by atoms with Crippen LogP contribution in [0.5, 0.6) is 0 Å². The fourth-order valence-electron chi connectivity index (χ4n) is 3.64. The highest BCUT2D eigenvalue weighted by molar-refractivity contribution is 7.14. The first-order valence-electron chi connectivity index (χ1n) is 11.1. The van der Waals surface area contributed by atoms with Gasteiger partial charge in [0.05, 0.1) is 18.9 Å². The van der Waals surface area contributed by atoms with Crippen LogP contribution in [0.25, 0.3) is 0 Å². The van der Waals surface area contributed by atoms with Gasteiger partial charge < -0.3 is 24.7 Å². The summed E-state index contributed by atoms with van der Waals surface area (Å²) in [5.74, 6) is 0.297. The number of carbonyl (C=O) groups excluding carboxylic acids is 2. The second-order valence-electron chi connectivity index (χ2n) is 8.03. The van der Waals surface area contributed by atoms with Gasteiger partial charge in [0.2, 0.25) is 5.91 Å².